The van der Waals surface area contributed by atoms with Crippen LogP contribution in [0.3, 0.4) is 0 Å². The second-order valence-electron chi connectivity index (χ2n) is 7.58. The summed E-state index contributed by atoms with van der Waals surface area (Å²) in [4.78, 5) is 30.9. The van der Waals surface area contributed by atoms with Crippen molar-refractivity contribution in [1.82, 2.24) is 19.3 Å². The Labute approximate surface area is 205 Å². The summed E-state index contributed by atoms with van der Waals surface area (Å²) in [5.41, 5.74) is 3.01. The van der Waals surface area contributed by atoms with Gasteiger partial charge < -0.3 is 10.1 Å². The van der Waals surface area contributed by atoms with Crippen LogP contribution in [0.15, 0.2) is 58.5 Å². The van der Waals surface area contributed by atoms with Crippen molar-refractivity contribution < 1.29 is 9.53 Å². The molecule has 10 heteroatoms. The molecule has 0 radical (unpaired) electrons. The van der Waals surface area contributed by atoms with Gasteiger partial charge in [-0.2, -0.15) is 5.10 Å². The van der Waals surface area contributed by atoms with Crippen molar-refractivity contribution in [1.29, 1.82) is 0 Å². The van der Waals surface area contributed by atoms with Gasteiger partial charge in [-0.25, -0.2) is 4.98 Å². The number of anilines is 1. The molecule has 8 nitrogen and oxygen atoms in total. The third-order valence-electron chi connectivity index (χ3n) is 5.22. The summed E-state index contributed by atoms with van der Waals surface area (Å²) in [5, 5.41) is 8.27. The zero-order valence-corrected chi connectivity index (χ0v) is 20.6. The average molecular weight is 498 g/mol. The van der Waals surface area contributed by atoms with Gasteiger partial charge in [-0.3, -0.25) is 18.8 Å². The van der Waals surface area contributed by atoms with Gasteiger partial charge in [0.15, 0.2) is 10.7 Å². The summed E-state index contributed by atoms with van der Waals surface area (Å²) < 4.78 is 8.49. The smallest absolute Gasteiger partial charge is 0.280 e. The number of ether oxygens (including phenoxy) is 1. The molecule has 0 unspecified atom stereocenters. The van der Waals surface area contributed by atoms with Crippen LogP contribution in [0.25, 0.3) is 11.0 Å². The first-order valence-electron chi connectivity index (χ1n) is 10.7. The summed E-state index contributed by atoms with van der Waals surface area (Å²) in [6.07, 6.45) is 0. The van der Waals surface area contributed by atoms with Crippen LogP contribution in [0.4, 0.5) is 5.69 Å². The number of hydrogen-bond donors (Lipinski definition) is 1. The minimum Gasteiger partial charge on any atom is -0.497 e. The molecular formula is C24H24ClN5O3S. The van der Waals surface area contributed by atoms with Crippen LogP contribution in [0, 0.1) is 6.92 Å². The number of benzene rings is 2. The van der Waals surface area contributed by atoms with Gasteiger partial charge in [-0.15, -0.1) is 0 Å². The van der Waals surface area contributed by atoms with Crippen molar-refractivity contribution in [3.8, 4) is 5.75 Å². The maximum Gasteiger partial charge on any atom is 0.280 e. The molecular weight excluding hydrogens is 474 g/mol. The Morgan fingerprint density at radius 2 is 1.97 bits per heavy atom. The zero-order valence-electron chi connectivity index (χ0n) is 19.0. The standard InChI is InChI=1S/C24H24ClN5O3S/c1-4-30-22-21(15(2)28-30)27-24(34-14-20(31)26-18-7-5-6-17(25)12-18)29(23(22)32)13-16-8-10-19(33-3)11-9-16/h5-12H,4,13-14H2,1-3H3,(H,26,31). The molecule has 0 aliphatic heterocycles. The molecule has 4 aromatic rings. The van der Waals surface area contributed by atoms with Gasteiger partial charge in [-0.05, 0) is 49.7 Å². The average Bonchev–Trinajstić information content (AvgIpc) is 3.15. The number of nitrogens with zero attached hydrogens (tertiary/aromatic N) is 4. The highest BCUT2D eigenvalue weighted by atomic mass is 35.5. The molecule has 0 atom stereocenters. The molecule has 0 saturated carbocycles. The molecule has 2 heterocycles. The van der Waals surface area contributed by atoms with E-state index >= 15 is 0 Å². The van der Waals surface area contributed by atoms with Crippen LogP contribution >= 0.6 is 23.4 Å². The largest absolute Gasteiger partial charge is 0.497 e. The fourth-order valence-electron chi connectivity index (χ4n) is 3.57. The number of methoxy groups -OCH3 is 1. The van der Waals surface area contributed by atoms with E-state index in [4.69, 9.17) is 21.3 Å². The van der Waals surface area contributed by atoms with Crippen LogP contribution in [0.5, 0.6) is 5.75 Å². The quantitative estimate of drug-likeness (QED) is 0.287. The molecule has 0 saturated heterocycles. The summed E-state index contributed by atoms with van der Waals surface area (Å²) in [5.74, 6) is 0.587. The van der Waals surface area contributed by atoms with E-state index in [1.54, 1.807) is 40.6 Å². The second-order valence-corrected chi connectivity index (χ2v) is 8.96. The zero-order chi connectivity index (χ0) is 24.2. The summed E-state index contributed by atoms with van der Waals surface area (Å²) in [7, 11) is 1.61. The van der Waals surface area contributed by atoms with E-state index < -0.39 is 0 Å². The third kappa shape index (κ3) is 5.10. The van der Waals surface area contributed by atoms with E-state index in [0.29, 0.717) is 45.7 Å². The lowest BCUT2D eigenvalue weighted by Crippen LogP contribution is -2.26. The monoisotopic (exact) mass is 497 g/mol. The predicted molar refractivity (Wildman–Crippen MR) is 135 cm³/mol. The number of rotatable bonds is 8. The molecule has 1 N–H and O–H groups in total. The molecule has 0 aliphatic carbocycles. The number of halogens is 1. The lowest BCUT2D eigenvalue weighted by atomic mass is 10.2. The summed E-state index contributed by atoms with van der Waals surface area (Å²) in [6.45, 7) is 4.62. The van der Waals surface area contributed by atoms with Gasteiger partial charge in [-0.1, -0.05) is 41.6 Å². The van der Waals surface area contributed by atoms with Gasteiger partial charge in [0.25, 0.3) is 5.56 Å². The molecule has 2 aromatic heterocycles. The number of amides is 1. The SMILES string of the molecule is CCn1nc(C)c2nc(SCC(=O)Nc3cccc(Cl)c3)n(Cc3ccc(OC)cc3)c(=O)c21. The Balaban J connectivity index is 1.67. The first kappa shape index (κ1) is 23.8. The number of nitrogens with one attached hydrogen (secondary N) is 1. The van der Waals surface area contributed by atoms with E-state index in [1.807, 2.05) is 38.1 Å². The maximum absolute atomic E-state index is 13.6. The molecule has 0 spiro atoms. The van der Waals surface area contributed by atoms with Crippen LogP contribution in [-0.4, -0.2) is 38.1 Å². The fraction of sp³-hybridized carbons (Fsp3) is 0.250. The molecule has 4 rings (SSSR count). The first-order chi connectivity index (χ1) is 16.4. The van der Waals surface area contributed by atoms with Crippen molar-refractivity contribution >= 4 is 46.0 Å². The molecule has 176 valence electrons. The first-order valence-corrected chi connectivity index (χ1v) is 12.0. The molecule has 0 fully saturated rings. The Morgan fingerprint density at radius 3 is 2.65 bits per heavy atom. The molecule has 34 heavy (non-hydrogen) atoms. The van der Waals surface area contributed by atoms with Crippen molar-refractivity contribution in [3.05, 3.63) is 75.2 Å². The lowest BCUT2D eigenvalue weighted by Gasteiger charge is -2.13. The molecule has 1 amide bonds. The van der Waals surface area contributed by atoms with Crippen molar-refractivity contribution in [2.24, 2.45) is 0 Å². The highest BCUT2D eigenvalue weighted by Crippen LogP contribution is 2.22. The predicted octanol–water partition coefficient (Wildman–Crippen LogP) is 4.36. The van der Waals surface area contributed by atoms with Crippen molar-refractivity contribution in [3.63, 3.8) is 0 Å². The number of aromatic nitrogens is 4. The van der Waals surface area contributed by atoms with Crippen LogP contribution < -0.4 is 15.6 Å². The normalized spacial score (nSPS) is 11.1. The Hall–Kier alpha value is -3.30. The molecule has 0 aliphatic rings. The van der Waals surface area contributed by atoms with E-state index in [0.717, 1.165) is 11.3 Å². The van der Waals surface area contributed by atoms with Crippen LogP contribution in [0.2, 0.25) is 5.02 Å². The van der Waals surface area contributed by atoms with Gasteiger partial charge >= 0.3 is 0 Å². The third-order valence-corrected chi connectivity index (χ3v) is 6.43. The molecule has 2 aromatic carbocycles. The minimum atomic E-state index is -0.224. The van der Waals surface area contributed by atoms with Crippen molar-refractivity contribution in [2.75, 3.05) is 18.2 Å². The summed E-state index contributed by atoms with van der Waals surface area (Å²) in [6, 6.07) is 14.4. The van der Waals surface area contributed by atoms with Gasteiger partial charge in [0.2, 0.25) is 5.91 Å². The van der Waals surface area contributed by atoms with E-state index in [1.165, 1.54) is 11.8 Å². The van der Waals surface area contributed by atoms with Crippen molar-refractivity contribution in [2.45, 2.75) is 32.1 Å². The van der Waals surface area contributed by atoms with Gasteiger partial charge in [0.1, 0.15) is 11.3 Å². The fourth-order valence-corrected chi connectivity index (χ4v) is 4.56. The molecule has 0 bridgehead atoms. The Morgan fingerprint density at radius 1 is 1.21 bits per heavy atom. The van der Waals surface area contributed by atoms with E-state index in [9.17, 15) is 9.59 Å². The summed E-state index contributed by atoms with van der Waals surface area (Å²) >= 11 is 7.20. The number of carbonyl (C=O) groups excluding carboxylic acids is 1. The van der Waals surface area contributed by atoms with E-state index in [-0.39, 0.29) is 17.2 Å². The number of thioether (sulfide) groups is 1. The van der Waals surface area contributed by atoms with Gasteiger partial charge in [0.05, 0.1) is 25.1 Å². The maximum atomic E-state index is 13.6. The minimum absolute atomic E-state index is 0.0774. The number of fused-ring (bicyclic) bond motifs is 1. The topological polar surface area (TPSA) is 91.0 Å². The van der Waals surface area contributed by atoms with Gasteiger partial charge in [0, 0.05) is 17.3 Å². The van der Waals surface area contributed by atoms with Crippen LogP contribution in [0.1, 0.15) is 18.2 Å². The highest BCUT2D eigenvalue weighted by Gasteiger charge is 2.19. The number of aryl methyl sites for hydroxylation is 2. The lowest BCUT2D eigenvalue weighted by molar-refractivity contribution is -0.113. The second kappa shape index (κ2) is 10.3. The number of carbonyl (C=O) groups is 1. The Bertz CT molecular complexity index is 1400. The number of hydrogen-bond acceptors (Lipinski definition) is 6. The highest BCUT2D eigenvalue weighted by molar-refractivity contribution is 7.99. The van der Waals surface area contributed by atoms with E-state index in [2.05, 4.69) is 10.4 Å². The Kier molecular flexibility index (Phi) is 7.23. The van der Waals surface area contributed by atoms with Crippen LogP contribution in [-0.2, 0) is 17.9 Å².